The van der Waals surface area contributed by atoms with Gasteiger partial charge in [0.2, 0.25) is 5.36 Å². The number of thioether (sulfide) groups is 1. The van der Waals surface area contributed by atoms with Crippen LogP contribution in [-0.4, -0.2) is 50.7 Å². The molecule has 0 saturated carbocycles. The Bertz CT molecular complexity index is 1820. The molecule has 0 amide bonds. The summed E-state index contributed by atoms with van der Waals surface area (Å²) < 4.78 is 8.77. The summed E-state index contributed by atoms with van der Waals surface area (Å²) >= 11 is 21.6. The number of hydrogen-bond acceptors (Lipinski definition) is 6. The summed E-state index contributed by atoms with van der Waals surface area (Å²) in [6, 6.07) is 8.18. The molecule has 11 heteroatoms. The Hall–Kier alpha value is -3.00. The fraction of sp³-hybridized carbons (Fsp3) is 0.323. The van der Waals surface area contributed by atoms with Crippen molar-refractivity contribution in [3.05, 3.63) is 61.4 Å². The van der Waals surface area contributed by atoms with Crippen LogP contribution in [0.5, 0.6) is 0 Å². The Labute approximate surface area is 262 Å². The van der Waals surface area contributed by atoms with Crippen molar-refractivity contribution < 1.29 is 23.9 Å². The van der Waals surface area contributed by atoms with E-state index in [-0.39, 0.29) is 26.8 Å². The van der Waals surface area contributed by atoms with E-state index in [4.69, 9.17) is 48.8 Å². The van der Waals surface area contributed by atoms with Gasteiger partial charge in [-0.2, -0.15) is 9.59 Å². The van der Waals surface area contributed by atoms with E-state index in [1.165, 1.54) is 28.6 Å². The van der Waals surface area contributed by atoms with Crippen molar-refractivity contribution in [2.45, 2.75) is 37.0 Å². The van der Waals surface area contributed by atoms with Crippen LogP contribution in [0.1, 0.15) is 40.7 Å². The van der Waals surface area contributed by atoms with Gasteiger partial charge in [-0.25, -0.2) is 9.37 Å². The summed E-state index contributed by atoms with van der Waals surface area (Å²) in [5.74, 6) is -0.518. The van der Waals surface area contributed by atoms with E-state index in [0.717, 1.165) is 67.1 Å². The van der Waals surface area contributed by atoms with Crippen LogP contribution >= 0.6 is 46.6 Å². The van der Waals surface area contributed by atoms with Gasteiger partial charge in [0.05, 0.1) is 26.7 Å². The highest BCUT2D eigenvalue weighted by Crippen LogP contribution is 2.53. The van der Waals surface area contributed by atoms with E-state index in [0.29, 0.717) is 21.8 Å². The summed E-state index contributed by atoms with van der Waals surface area (Å²) in [6.07, 6.45) is 7.24. The maximum Gasteiger partial charge on any atom is 0.373 e. The number of aromatic carboxylic acids is 1. The molecule has 0 spiro atoms. The average molecular weight is 647 g/mol. The number of halogens is 3. The number of carbonyl (C=O) groups is 1. The molecule has 218 valence electrons. The lowest BCUT2D eigenvalue weighted by Gasteiger charge is -2.33. The third-order valence-corrected chi connectivity index (χ3v) is 10.2. The van der Waals surface area contributed by atoms with Gasteiger partial charge in [-0.05, 0) is 56.1 Å². The molecule has 3 heterocycles. The van der Waals surface area contributed by atoms with Crippen molar-refractivity contribution in [2.75, 3.05) is 38.3 Å². The second kappa shape index (κ2) is 12.3. The number of carboxylic acid groups (broad SMARTS) is 1. The first-order valence-corrected chi connectivity index (χ1v) is 15.8. The fourth-order valence-electron chi connectivity index (χ4n) is 6.15. The first kappa shape index (κ1) is 30.5. The molecule has 2 aromatic carbocycles. The summed E-state index contributed by atoms with van der Waals surface area (Å²) in [4.78, 5) is 32.0. The van der Waals surface area contributed by atoms with Crippen LogP contribution < -0.4 is 14.8 Å². The first-order chi connectivity index (χ1) is 20.1. The van der Waals surface area contributed by atoms with Gasteiger partial charge in [0, 0.05) is 57.4 Å². The highest BCUT2D eigenvalue weighted by Gasteiger charge is 2.33. The van der Waals surface area contributed by atoms with E-state index < -0.39 is 5.97 Å². The van der Waals surface area contributed by atoms with Crippen LogP contribution in [0, 0.1) is 0 Å². The van der Waals surface area contributed by atoms with Crippen LogP contribution in [-0.2, 0) is 22.4 Å². The minimum absolute atomic E-state index is 0.0119. The molecule has 0 saturated heterocycles. The zero-order valence-corrected chi connectivity index (χ0v) is 26.4. The van der Waals surface area contributed by atoms with Gasteiger partial charge in [0.25, 0.3) is 0 Å². The molecule has 0 fully saturated rings. The molecule has 0 bridgehead atoms. The fourth-order valence-corrected chi connectivity index (χ4v) is 8.02. The number of anilines is 1. The third kappa shape index (κ3) is 5.10. The zero-order chi connectivity index (χ0) is 30.3. The Balaban J connectivity index is 0.00000113. The number of nitrogens with zero attached hydrogens (tertiary/aromatic N) is 2. The molecule has 6 rings (SSSR count). The molecule has 42 heavy (non-hydrogen) atoms. The molecule has 7 nitrogen and oxygen atoms in total. The molecular formula is C31H28Cl3N2O5S+. The van der Waals surface area contributed by atoms with Crippen LogP contribution in [0.2, 0.25) is 15.1 Å². The van der Waals surface area contributed by atoms with E-state index in [1.54, 1.807) is 0 Å². The van der Waals surface area contributed by atoms with Crippen LogP contribution in [0.25, 0.3) is 33.4 Å². The van der Waals surface area contributed by atoms with Gasteiger partial charge in [-0.1, -0.05) is 34.8 Å². The highest BCUT2D eigenvalue weighted by molar-refractivity contribution is 7.98. The van der Waals surface area contributed by atoms with Gasteiger partial charge in [-0.3, -0.25) is 0 Å². The van der Waals surface area contributed by atoms with Crippen molar-refractivity contribution in [2.24, 2.45) is 0 Å². The Kier molecular flexibility index (Phi) is 8.93. The monoisotopic (exact) mass is 645 g/mol. The molecule has 0 unspecified atom stereocenters. The number of carbonyl (C=O) groups excluding carboxylic acids is 2. The lowest BCUT2D eigenvalue weighted by Crippen LogP contribution is -2.30. The lowest BCUT2D eigenvalue weighted by atomic mass is 9.86. The molecule has 0 atom stereocenters. The van der Waals surface area contributed by atoms with Crippen LogP contribution in [0.15, 0.2) is 33.6 Å². The standard InChI is InChI=1S/C30H27Cl3N2O3S.CO2/c1-34(2)16-9-10-17-20(14-16)38-28-18-8-6-12-35-11-5-4-7-15(27(18)35)13-19(28)21(17)22-23(30(36)37)24(31)26(33)29(39-3)25(22)32;2-1-3/h9-10,13-14H,4-8,11-12H2,1-3H3;/p+1. The van der Waals surface area contributed by atoms with Gasteiger partial charge in [0.1, 0.15) is 25.4 Å². The smallest absolute Gasteiger partial charge is 0.373 e. The quantitative estimate of drug-likeness (QED) is 0.110. The van der Waals surface area contributed by atoms with E-state index in [9.17, 15) is 9.90 Å². The van der Waals surface area contributed by atoms with Gasteiger partial charge < -0.3 is 14.4 Å². The number of carboxylic acids is 1. The Morgan fingerprint density at radius 2 is 1.71 bits per heavy atom. The average Bonchev–Trinajstić information content (AvgIpc) is 3.17. The van der Waals surface area contributed by atoms with Crippen LogP contribution in [0.3, 0.4) is 0 Å². The number of rotatable bonds is 3. The van der Waals surface area contributed by atoms with Crippen molar-refractivity contribution in [3.63, 3.8) is 0 Å². The molecule has 0 aromatic heterocycles. The summed E-state index contributed by atoms with van der Waals surface area (Å²) in [6.45, 7) is 2.07. The Morgan fingerprint density at radius 1 is 1.00 bits per heavy atom. The topological polar surface area (TPSA) is 90.8 Å². The van der Waals surface area contributed by atoms with Gasteiger partial charge >= 0.3 is 12.1 Å². The molecular weight excluding hydrogens is 619 g/mol. The normalized spacial score (nSPS) is 14.1. The molecule has 0 radical (unpaired) electrons. The number of benzene rings is 3. The van der Waals surface area contributed by atoms with E-state index in [2.05, 4.69) is 11.0 Å². The molecule has 3 aliphatic heterocycles. The Morgan fingerprint density at radius 3 is 2.38 bits per heavy atom. The summed E-state index contributed by atoms with van der Waals surface area (Å²) in [5.41, 5.74) is 6.29. The van der Waals surface area contributed by atoms with Crippen molar-refractivity contribution in [3.8, 4) is 22.5 Å². The number of aryl methyl sites for hydroxylation is 2. The van der Waals surface area contributed by atoms with E-state index in [1.807, 2.05) is 43.1 Å². The first-order valence-electron chi connectivity index (χ1n) is 13.4. The molecule has 2 aromatic rings. The van der Waals surface area contributed by atoms with Crippen molar-refractivity contribution in [1.29, 1.82) is 0 Å². The summed E-state index contributed by atoms with van der Waals surface area (Å²) in [7, 11) is 3.96. The SMILES string of the molecule is CSc1c(Cl)c(Cl)c(C(=O)O)c(-c2c3ccc(=[N+](C)C)cc-3oc3c4c5c(cc23)CCCCN5CCC4)c1Cl.O=C=O. The lowest BCUT2D eigenvalue weighted by molar-refractivity contribution is -0.191. The van der Waals surface area contributed by atoms with Crippen molar-refractivity contribution in [1.82, 2.24) is 4.58 Å². The minimum Gasteiger partial charge on any atom is -0.478 e. The predicted octanol–water partition coefficient (Wildman–Crippen LogP) is 7.12. The van der Waals surface area contributed by atoms with E-state index >= 15 is 0 Å². The second-order valence-electron chi connectivity index (χ2n) is 10.5. The van der Waals surface area contributed by atoms with Gasteiger partial charge in [-0.15, -0.1) is 11.8 Å². The number of hydrogen-bond donors (Lipinski definition) is 1. The molecule has 1 aliphatic carbocycles. The third-order valence-electron chi connectivity index (χ3n) is 7.90. The second-order valence-corrected chi connectivity index (χ2v) is 12.4. The molecule has 1 N–H and O–H groups in total. The minimum atomic E-state index is -1.18. The van der Waals surface area contributed by atoms with Crippen molar-refractivity contribution >= 4 is 75.3 Å². The summed E-state index contributed by atoms with van der Waals surface area (Å²) in [5, 5.41) is 12.7. The maximum absolute atomic E-state index is 12.7. The highest BCUT2D eigenvalue weighted by atomic mass is 35.5. The zero-order valence-electron chi connectivity index (χ0n) is 23.3. The van der Waals surface area contributed by atoms with Gasteiger partial charge in [0.15, 0.2) is 0 Å². The van der Waals surface area contributed by atoms with Crippen LogP contribution in [0.4, 0.5) is 5.69 Å². The predicted molar refractivity (Wildman–Crippen MR) is 168 cm³/mol. The largest absolute Gasteiger partial charge is 0.478 e. The number of fused-ring (bicyclic) bond motifs is 3. The maximum atomic E-state index is 12.7. The molecule has 4 aliphatic rings.